The van der Waals surface area contributed by atoms with Crippen LogP contribution in [0.25, 0.3) is 0 Å². The number of hydrogen-bond donors (Lipinski definition) is 1. The molecular formula is C14H20N2O4. The molecule has 0 unspecified atom stereocenters. The van der Waals surface area contributed by atoms with E-state index in [-0.39, 0.29) is 5.69 Å². The predicted octanol–water partition coefficient (Wildman–Crippen LogP) is 2.26. The highest BCUT2D eigenvalue weighted by Gasteiger charge is 2.21. The number of nitro benzene ring substituents is 1. The van der Waals surface area contributed by atoms with Crippen molar-refractivity contribution in [3.8, 4) is 5.75 Å². The summed E-state index contributed by atoms with van der Waals surface area (Å²) in [5.41, 5.74) is 0.914. The van der Waals surface area contributed by atoms with Gasteiger partial charge in [0.2, 0.25) is 0 Å². The number of benzene rings is 1. The van der Waals surface area contributed by atoms with Gasteiger partial charge in [-0.3, -0.25) is 10.1 Å². The van der Waals surface area contributed by atoms with E-state index in [1.54, 1.807) is 12.1 Å². The van der Waals surface area contributed by atoms with Crippen molar-refractivity contribution in [2.45, 2.75) is 32.4 Å². The van der Waals surface area contributed by atoms with Crippen molar-refractivity contribution in [1.82, 2.24) is 5.32 Å². The zero-order valence-electron chi connectivity index (χ0n) is 11.6. The molecule has 1 aromatic rings. The quantitative estimate of drug-likeness (QED) is 0.426. The number of ether oxygens (including phenoxy) is 2. The molecule has 0 radical (unpaired) electrons. The molecule has 0 saturated heterocycles. The first-order valence-electron chi connectivity index (χ1n) is 6.92. The Morgan fingerprint density at radius 3 is 2.85 bits per heavy atom. The Balaban J connectivity index is 1.96. The third-order valence-electron chi connectivity index (χ3n) is 3.08. The average molecular weight is 280 g/mol. The Bertz CT molecular complexity index is 460. The molecule has 1 saturated carbocycles. The lowest BCUT2D eigenvalue weighted by atomic mass is 10.2. The summed E-state index contributed by atoms with van der Waals surface area (Å²) in [4.78, 5) is 10.7. The van der Waals surface area contributed by atoms with Crippen LogP contribution in [0.3, 0.4) is 0 Å². The number of nitrogens with zero attached hydrogens (tertiary/aromatic N) is 1. The van der Waals surface area contributed by atoms with Gasteiger partial charge in [-0.2, -0.15) is 0 Å². The van der Waals surface area contributed by atoms with Crippen LogP contribution < -0.4 is 10.1 Å². The fourth-order valence-electron chi connectivity index (χ4n) is 1.84. The fraction of sp³-hybridized carbons (Fsp3) is 0.571. The fourth-order valence-corrected chi connectivity index (χ4v) is 1.84. The van der Waals surface area contributed by atoms with E-state index < -0.39 is 4.92 Å². The molecule has 1 fully saturated rings. The molecule has 1 aromatic carbocycles. The maximum atomic E-state index is 11.1. The van der Waals surface area contributed by atoms with Crippen LogP contribution in [0, 0.1) is 10.1 Å². The van der Waals surface area contributed by atoms with Crippen molar-refractivity contribution in [2.75, 3.05) is 19.8 Å². The minimum Gasteiger partial charge on any atom is -0.484 e. The number of nitro groups is 1. The normalized spacial score (nSPS) is 14.2. The van der Waals surface area contributed by atoms with E-state index in [4.69, 9.17) is 9.47 Å². The summed E-state index contributed by atoms with van der Waals surface area (Å²) in [6.07, 6.45) is 2.39. The average Bonchev–Trinajstić information content (AvgIpc) is 3.26. The van der Waals surface area contributed by atoms with Gasteiger partial charge in [-0.15, -0.1) is 0 Å². The third kappa shape index (κ3) is 4.47. The maximum absolute atomic E-state index is 11.1. The minimum atomic E-state index is -0.406. The molecule has 6 nitrogen and oxygen atoms in total. The third-order valence-corrected chi connectivity index (χ3v) is 3.08. The van der Waals surface area contributed by atoms with E-state index in [2.05, 4.69) is 5.32 Å². The maximum Gasteiger partial charge on any atom is 0.311 e. The topological polar surface area (TPSA) is 73.6 Å². The Morgan fingerprint density at radius 1 is 1.40 bits per heavy atom. The molecule has 0 amide bonds. The smallest absolute Gasteiger partial charge is 0.311 e. The van der Waals surface area contributed by atoms with E-state index in [0.29, 0.717) is 38.2 Å². The van der Waals surface area contributed by atoms with E-state index >= 15 is 0 Å². The van der Waals surface area contributed by atoms with Gasteiger partial charge in [0, 0.05) is 25.3 Å². The van der Waals surface area contributed by atoms with Crippen LogP contribution in [0.1, 0.15) is 25.3 Å². The Morgan fingerprint density at radius 2 is 2.20 bits per heavy atom. The van der Waals surface area contributed by atoms with Crippen molar-refractivity contribution in [2.24, 2.45) is 0 Å². The highest BCUT2D eigenvalue weighted by atomic mass is 16.6. The van der Waals surface area contributed by atoms with Gasteiger partial charge in [0.1, 0.15) is 6.61 Å². The second-order valence-electron chi connectivity index (χ2n) is 4.76. The first-order chi connectivity index (χ1) is 9.70. The lowest BCUT2D eigenvalue weighted by Crippen LogP contribution is -2.15. The van der Waals surface area contributed by atoms with Gasteiger partial charge in [0.25, 0.3) is 0 Å². The van der Waals surface area contributed by atoms with Gasteiger partial charge in [-0.25, -0.2) is 0 Å². The molecule has 0 aromatic heterocycles. The Labute approximate surface area is 118 Å². The van der Waals surface area contributed by atoms with Crippen LogP contribution in [0.15, 0.2) is 18.2 Å². The van der Waals surface area contributed by atoms with Gasteiger partial charge in [0.05, 0.1) is 11.5 Å². The summed E-state index contributed by atoms with van der Waals surface area (Å²) < 4.78 is 10.6. The van der Waals surface area contributed by atoms with Crippen molar-refractivity contribution in [1.29, 1.82) is 0 Å². The van der Waals surface area contributed by atoms with Gasteiger partial charge < -0.3 is 14.8 Å². The number of hydrogen-bond acceptors (Lipinski definition) is 5. The summed E-state index contributed by atoms with van der Waals surface area (Å²) in [5.74, 6) is 0.296. The van der Waals surface area contributed by atoms with Gasteiger partial charge in [-0.05, 0) is 31.4 Å². The van der Waals surface area contributed by atoms with E-state index in [1.807, 2.05) is 13.0 Å². The van der Waals surface area contributed by atoms with E-state index in [0.717, 1.165) is 5.56 Å². The predicted molar refractivity (Wildman–Crippen MR) is 74.9 cm³/mol. The lowest BCUT2D eigenvalue weighted by molar-refractivity contribution is -0.386. The summed E-state index contributed by atoms with van der Waals surface area (Å²) in [5, 5.41) is 14.4. The summed E-state index contributed by atoms with van der Waals surface area (Å²) in [7, 11) is 0. The minimum absolute atomic E-state index is 0.0107. The molecule has 1 aliphatic rings. The van der Waals surface area contributed by atoms with Crippen LogP contribution in [0.2, 0.25) is 0 Å². The second-order valence-corrected chi connectivity index (χ2v) is 4.76. The molecule has 1 aliphatic carbocycles. The molecular weight excluding hydrogens is 260 g/mol. The Kier molecular flexibility index (Phi) is 5.31. The molecule has 20 heavy (non-hydrogen) atoms. The van der Waals surface area contributed by atoms with Gasteiger partial charge in [-0.1, -0.05) is 6.07 Å². The lowest BCUT2D eigenvalue weighted by Gasteiger charge is -2.09. The first kappa shape index (κ1) is 14.7. The zero-order valence-corrected chi connectivity index (χ0v) is 11.6. The molecule has 0 bridgehead atoms. The molecule has 110 valence electrons. The highest BCUT2D eigenvalue weighted by Crippen LogP contribution is 2.28. The molecule has 0 atom stereocenters. The van der Waals surface area contributed by atoms with Gasteiger partial charge >= 0.3 is 5.69 Å². The van der Waals surface area contributed by atoms with Crippen LogP contribution in [-0.2, 0) is 11.3 Å². The van der Waals surface area contributed by atoms with Gasteiger partial charge in [0.15, 0.2) is 5.75 Å². The highest BCUT2D eigenvalue weighted by molar-refractivity contribution is 5.48. The van der Waals surface area contributed by atoms with Crippen molar-refractivity contribution in [3.63, 3.8) is 0 Å². The monoisotopic (exact) mass is 280 g/mol. The summed E-state index contributed by atoms with van der Waals surface area (Å²) >= 11 is 0. The number of rotatable bonds is 9. The van der Waals surface area contributed by atoms with Crippen LogP contribution in [0.4, 0.5) is 5.69 Å². The summed E-state index contributed by atoms with van der Waals surface area (Å²) in [6, 6.07) is 5.67. The molecule has 0 spiro atoms. The molecule has 0 heterocycles. The number of nitrogens with one attached hydrogen (secondary N) is 1. The molecule has 1 N–H and O–H groups in total. The second kappa shape index (κ2) is 7.21. The standard InChI is InChI=1S/C14H20N2O4/c1-2-19-7-8-20-14-6-3-11(9-13(14)16(17)18)10-15-12-4-5-12/h3,6,9,12,15H,2,4-5,7-8,10H2,1H3. The van der Waals surface area contributed by atoms with E-state index in [1.165, 1.54) is 12.8 Å². The first-order valence-corrected chi connectivity index (χ1v) is 6.92. The molecule has 2 rings (SSSR count). The van der Waals surface area contributed by atoms with E-state index in [9.17, 15) is 10.1 Å². The van der Waals surface area contributed by atoms with Crippen molar-refractivity contribution < 1.29 is 14.4 Å². The SMILES string of the molecule is CCOCCOc1ccc(CNC2CC2)cc1[N+](=O)[O-]. The summed E-state index contributed by atoms with van der Waals surface area (Å²) in [6.45, 7) is 3.90. The largest absolute Gasteiger partial charge is 0.484 e. The van der Waals surface area contributed by atoms with Crippen molar-refractivity contribution in [3.05, 3.63) is 33.9 Å². The molecule has 6 heteroatoms. The van der Waals surface area contributed by atoms with Crippen LogP contribution in [0.5, 0.6) is 5.75 Å². The zero-order chi connectivity index (χ0) is 14.4. The van der Waals surface area contributed by atoms with Crippen LogP contribution >= 0.6 is 0 Å². The molecule has 0 aliphatic heterocycles. The Hall–Kier alpha value is -1.66. The van der Waals surface area contributed by atoms with Crippen LogP contribution in [-0.4, -0.2) is 30.8 Å². The van der Waals surface area contributed by atoms with Crippen molar-refractivity contribution >= 4 is 5.69 Å².